The number of hydrogen-bond acceptors (Lipinski definition) is 3. The van der Waals surface area contributed by atoms with E-state index in [-0.39, 0.29) is 23.5 Å². The van der Waals surface area contributed by atoms with Crippen molar-refractivity contribution in [2.24, 2.45) is 13.0 Å². The Hall–Kier alpha value is -3.40. The number of Topliss-reactive ketones (excluding diaryl/α,β-unsaturated/α-hetero) is 1. The molecule has 1 aliphatic carbocycles. The van der Waals surface area contributed by atoms with Crippen molar-refractivity contribution in [3.05, 3.63) is 52.1 Å². The fraction of sp³-hybridized carbons (Fsp3) is 0.400. The summed E-state index contributed by atoms with van der Waals surface area (Å²) in [7, 11) is 1.65. The average molecular weight is 438 g/mol. The zero-order chi connectivity index (χ0) is 23.6. The molecule has 6 nitrogen and oxygen atoms in total. The van der Waals surface area contributed by atoms with E-state index in [1.807, 2.05) is 0 Å². The Bertz CT molecular complexity index is 1120. The summed E-state index contributed by atoms with van der Waals surface area (Å²) < 4.78 is 15.1. The van der Waals surface area contributed by atoms with Crippen molar-refractivity contribution in [3.8, 4) is 12.3 Å². The smallest absolute Gasteiger partial charge is 0.294 e. The van der Waals surface area contributed by atoms with Gasteiger partial charge in [-0.1, -0.05) is 0 Å². The van der Waals surface area contributed by atoms with Gasteiger partial charge in [-0.3, -0.25) is 14.4 Å². The number of hydrogen-bond donors (Lipinski definition) is 2. The maximum absolute atomic E-state index is 13.5. The lowest BCUT2D eigenvalue weighted by Gasteiger charge is -2.26. The van der Waals surface area contributed by atoms with Gasteiger partial charge in [-0.2, -0.15) is 0 Å². The molecule has 0 bridgehead atoms. The van der Waals surface area contributed by atoms with E-state index < -0.39 is 17.6 Å². The van der Waals surface area contributed by atoms with E-state index in [0.29, 0.717) is 28.1 Å². The fourth-order valence-corrected chi connectivity index (χ4v) is 4.31. The highest BCUT2D eigenvalue weighted by molar-refractivity contribution is 6.43. The van der Waals surface area contributed by atoms with Crippen molar-refractivity contribution in [2.45, 2.75) is 52.5 Å². The first-order valence-corrected chi connectivity index (χ1v) is 10.7. The lowest BCUT2D eigenvalue weighted by atomic mass is 9.86. The molecule has 1 aliphatic rings. The minimum Gasteiger partial charge on any atom is -0.346 e. The summed E-state index contributed by atoms with van der Waals surface area (Å²) in [5, 5.41) is 5.56. The Morgan fingerprint density at radius 1 is 1.12 bits per heavy atom. The number of aromatic nitrogens is 1. The number of carbonyl (C=O) groups is 3. The lowest BCUT2D eigenvalue weighted by Crippen LogP contribution is -2.41. The summed E-state index contributed by atoms with van der Waals surface area (Å²) in [6, 6.07) is 4.21. The standard InChI is InChI=1S/C25H28FN3O3/c1-6-17-7-9-18(10-8-17)27-25(32)23(30)22-15(3)21(16(4)29(22)5)24(31)28-19-11-12-20(26)14(2)13-19/h1,11-13,17-18H,7-10H2,2-5H3,(H,27,32)(H,28,31). The van der Waals surface area contributed by atoms with E-state index in [1.54, 1.807) is 32.4 Å². The summed E-state index contributed by atoms with van der Waals surface area (Å²) >= 11 is 0. The number of carbonyl (C=O) groups excluding carboxylic acids is 3. The van der Waals surface area contributed by atoms with Crippen LogP contribution in [0.3, 0.4) is 0 Å². The second-order valence-corrected chi connectivity index (χ2v) is 8.43. The molecule has 1 heterocycles. The molecular formula is C25H28FN3O3. The summed E-state index contributed by atoms with van der Waals surface area (Å²) in [5.41, 5.74) is 2.35. The predicted molar refractivity (Wildman–Crippen MR) is 121 cm³/mol. The number of nitrogens with zero attached hydrogens (tertiary/aromatic N) is 1. The number of nitrogens with one attached hydrogen (secondary N) is 2. The van der Waals surface area contributed by atoms with E-state index in [2.05, 4.69) is 16.6 Å². The fourth-order valence-electron chi connectivity index (χ4n) is 4.31. The average Bonchev–Trinajstić information content (AvgIpc) is 2.99. The number of rotatable bonds is 5. The maximum atomic E-state index is 13.5. The number of aryl methyl sites for hydroxylation is 1. The molecule has 0 saturated heterocycles. The van der Waals surface area contributed by atoms with Gasteiger partial charge in [0.05, 0.1) is 11.3 Å². The number of halogens is 1. The quantitative estimate of drug-likeness (QED) is 0.424. The van der Waals surface area contributed by atoms with E-state index in [1.165, 1.54) is 18.2 Å². The predicted octanol–water partition coefficient (Wildman–Crippen LogP) is 3.83. The van der Waals surface area contributed by atoms with Crippen LogP contribution < -0.4 is 10.6 Å². The van der Waals surface area contributed by atoms with Crippen molar-refractivity contribution in [1.29, 1.82) is 0 Å². The van der Waals surface area contributed by atoms with Gasteiger partial charge in [-0.15, -0.1) is 12.3 Å². The van der Waals surface area contributed by atoms with Crippen LogP contribution in [0.2, 0.25) is 0 Å². The van der Waals surface area contributed by atoms with Gasteiger partial charge in [0.15, 0.2) is 0 Å². The van der Waals surface area contributed by atoms with E-state index >= 15 is 0 Å². The third-order valence-corrected chi connectivity index (χ3v) is 6.29. The Balaban J connectivity index is 1.78. The third-order valence-electron chi connectivity index (χ3n) is 6.29. The van der Waals surface area contributed by atoms with E-state index in [0.717, 1.165) is 25.7 Å². The molecule has 1 fully saturated rings. The van der Waals surface area contributed by atoms with E-state index in [4.69, 9.17) is 6.42 Å². The first-order chi connectivity index (χ1) is 15.1. The largest absolute Gasteiger partial charge is 0.346 e. The minimum atomic E-state index is -0.682. The zero-order valence-corrected chi connectivity index (χ0v) is 18.8. The van der Waals surface area contributed by atoms with Gasteiger partial charge >= 0.3 is 0 Å². The Kier molecular flexibility index (Phi) is 6.83. The van der Waals surface area contributed by atoms with Crippen LogP contribution in [0, 0.1) is 44.9 Å². The molecule has 0 aliphatic heterocycles. The third kappa shape index (κ3) is 4.59. The molecule has 2 N–H and O–H groups in total. The van der Waals surface area contributed by atoms with Gasteiger partial charge in [0.1, 0.15) is 5.82 Å². The first kappa shape index (κ1) is 23.3. The van der Waals surface area contributed by atoms with E-state index in [9.17, 15) is 18.8 Å². The molecule has 3 rings (SSSR count). The van der Waals surface area contributed by atoms with Gasteiger partial charge in [-0.25, -0.2) is 4.39 Å². The number of benzene rings is 1. The van der Waals surface area contributed by atoms with Gasteiger partial charge < -0.3 is 15.2 Å². The Morgan fingerprint density at radius 2 is 1.78 bits per heavy atom. The van der Waals surface area contributed by atoms with Crippen molar-refractivity contribution < 1.29 is 18.8 Å². The Morgan fingerprint density at radius 3 is 2.38 bits per heavy atom. The molecule has 1 aromatic carbocycles. The van der Waals surface area contributed by atoms with Gasteiger partial charge in [0.2, 0.25) is 0 Å². The molecule has 7 heteroatoms. The molecule has 0 spiro atoms. The number of anilines is 1. The van der Waals surface area contributed by atoms with Crippen molar-refractivity contribution >= 4 is 23.3 Å². The first-order valence-electron chi connectivity index (χ1n) is 10.7. The van der Waals surface area contributed by atoms with Crippen LogP contribution in [0.15, 0.2) is 18.2 Å². The molecule has 1 aromatic heterocycles. The zero-order valence-electron chi connectivity index (χ0n) is 18.8. The second-order valence-electron chi connectivity index (χ2n) is 8.43. The summed E-state index contributed by atoms with van der Waals surface area (Å²) in [6.07, 6.45) is 8.60. The summed E-state index contributed by atoms with van der Waals surface area (Å²) in [6.45, 7) is 4.97. The highest BCUT2D eigenvalue weighted by Gasteiger charge is 2.30. The van der Waals surface area contributed by atoms with Crippen molar-refractivity contribution in [3.63, 3.8) is 0 Å². The molecule has 168 valence electrons. The van der Waals surface area contributed by atoms with Gasteiger partial charge in [0, 0.05) is 30.4 Å². The molecule has 2 amide bonds. The van der Waals surface area contributed by atoms with Crippen LogP contribution in [-0.2, 0) is 11.8 Å². The van der Waals surface area contributed by atoms with Crippen LogP contribution in [0.4, 0.5) is 10.1 Å². The normalized spacial score (nSPS) is 18.0. The molecule has 0 unspecified atom stereocenters. The number of amides is 2. The molecule has 0 radical (unpaired) electrons. The van der Waals surface area contributed by atoms with Crippen LogP contribution in [-0.4, -0.2) is 28.2 Å². The molecular weight excluding hydrogens is 409 g/mol. The van der Waals surface area contributed by atoms with Crippen LogP contribution in [0.1, 0.15) is 63.4 Å². The highest BCUT2D eigenvalue weighted by Crippen LogP contribution is 2.25. The van der Waals surface area contributed by atoms with Crippen molar-refractivity contribution in [1.82, 2.24) is 9.88 Å². The van der Waals surface area contributed by atoms with Gasteiger partial charge in [0.25, 0.3) is 17.6 Å². The maximum Gasteiger partial charge on any atom is 0.294 e. The molecule has 1 saturated carbocycles. The lowest BCUT2D eigenvalue weighted by molar-refractivity contribution is -0.117. The number of terminal acetylenes is 1. The number of ketones is 1. The van der Waals surface area contributed by atoms with Crippen LogP contribution >= 0.6 is 0 Å². The highest BCUT2D eigenvalue weighted by atomic mass is 19.1. The van der Waals surface area contributed by atoms with Crippen LogP contribution in [0.5, 0.6) is 0 Å². The second kappa shape index (κ2) is 9.39. The summed E-state index contributed by atoms with van der Waals surface area (Å²) in [4.78, 5) is 38.6. The molecule has 0 atom stereocenters. The van der Waals surface area contributed by atoms with Crippen molar-refractivity contribution in [2.75, 3.05) is 5.32 Å². The molecule has 2 aromatic rings. The van der Waals surface area contributed by atoms with Gasteiger partial charge in [-0.05, 0) is 75.8 Å². The molecule has 32 heavy (non-hydrogen) atoms. The minimum absolute atomic E-state index is 0.0813. The van der Waals surface area contributed by atoms with Crippen LogP contribution in [0.25, 0.3) is 0 Å². The topological polar surface area (TPSA) is 80.2 Å². The summed E-state index contributed by atoms with van der Waals surface area (Å²) in [5.74, 6) is 0.829. The monoisotopic (exact) mass is 437 g/mol. The SMILES string of the molecule is C#CC1CCC(NC(=O)C(=O)c2c(C)c(C(=O)Nc3ccc(F)c(C)c3)c(C)n2C)CC1. The Labute approximate surface area is 187 Å².